The van der Waals surface area contributed by atoms with E-state index in [1.807, 2.05) is 27.0 Å². The molecule has 0 aliphatic carbocycles. The van der Waals surface area contributed by atoms with Gasteiger partial charge in [0.1, 0.15) is 11.6 Å². The highest BCUT2D eigenvalue weighted by molar-refractivity contribution is 5.67. The number of aryl methyl sites for hydroxylation is 1. The number of likely N-dealkylation sites (tertiary alicyclic amines) is 1. The molecule has 1 saturated heterocycles. The maximum Gasteiger partial charge on any atom is 0.410 e. The Labute approximate surface area is 154 Å². The molecule has 0 N–H and O–H groups in total. The minimum absolute atomic E-state index is 0.0856. The largest absolute Gasteiger partial charge is 0.447 e. The van der Waals surface area contributed by atoms with E-state index in [2.05, 4.69) is 31.2 Å². The summed E-state index contributed by atoms with van der Waals surface area (Å²) in [5.41, 5.74) is 0. The molecule has 1 fully saturated rings. The van der Waals surface area contributed by atoms with Crippen LogP contribution in [0.3, 0.4) is 0 Å². The normalized spacial score (nSPS) is 15.7. The zero-order valence-electron chi connectivity index (χ0n) is 16.1. The van der Waals surface area contributed by atoms with Crippen LogP contribution in [-0.2, 0) is 17.8 Å². The van der Waals surface area contributed by atoms with Gasteiger partial charge >= 0.3 is 6.09 Å². The third-order valence-electron chi connectivity index (χ3n) is 4.86. The van der Waals surface area contributed by atoms with Gasteiger partial charge in [0.15, 0.2) is 5.82 Å². The van der Waals surface area contributed by atoms with Crippen molar-refractivity contribution in [2.45, 2.75) is 65.6 Å². The Morgan fingerprint density at radius 2 is 2.04 bits per heavy atom. The summed E-state index contributed by atoms with van der Waals surface area (Å²) in [6.07, 6.45) is 5.23. The molecule has 0 saturated carbocycles. The van der Waals surface area contributed by atoms with Crippen molar-refractivity contribution in [2.75, 3.05) is 13.1 Å². The minimum Gasteiger partial charge on any atom is -0.447 e. The predicted molar refractivity (Wildman–Crippen MR) is 96.9 cm³/mol. The molecular weight excluding hydrogens is 332 g/mol. The van der Waals surface area contributed by atoms with Gasteiger partial charge in [-0.05, 0) is 40.5 Å². The second kappa shape index (κ2) is 7.88. The smallest absolute Gasteiger partial charge is 0.410 e. The van der Waals surface area contributed by atoms with E-state index >= 15 is 0 Å². The molecule has 26 heavy (non-hydrogen) atoms. The quantitative estimate of drug-likeness (QED) is 0.819. The highest BCUT2D eigenvalue weighted by atomic mass is 16.6. The molecule has 1 aliphatic heterocycles. The van der Waals surface area contributed by atoms with E-state index in [-0.39, 0.29) is 12.2 Å². The van der Waals surface area contributed by atoms with Crippen molar-refractivity contribution < 1.29 is 9.53 Å². The van der Waals surface area contributed by atoms with Crippen molar-refractivity contribution in [3.8, 4) is 0 Å². The molecule has 8 nitrogen and oxygen atoms in total. The molecule has 2 aromatic heterocycles. The molecule has 1 aliphatic rings. The van der Waals surface area contributed by atoms with Crippen LogP contribution in [0.4, 0.5) is 4.79 Å². The molecule has 142 valence electrons. The topological polar surface area (TPSA) is 78.1 Å². The maximum absolute atomic E-state index is 12.1. The van der Waals surface area contributed by atoms with Crippen LogP contribution in [0.2, 0.25) is 0 Å². The first-order valence-electron chi connectivity index (χ1n) is 9.34. The molecule has 0 aromatic carbocycles. The molecule has 0 spiro atoms. The van der Waals surface area contributed by atoms with Crippen LogP contribution in [0.1, 0.15) is 57.0 Å². The number of carbonyl (C=O) groups is 1. The van der Waals surface area contributed by atoms with Gasteiger partial charge in [-0.15, -0.1) is 10.2 Å². The maximum atomic E-state index is 12.1. The lowest BCUT2D eigenvalue weighted by Gasteiger charge is -2.31. The highest BCUT2D eigenvalue weighted by Gasteiger charge is 2.28. The Bertz CT molecular complexity index is 743. The van der Waals surface area contributed by atoms with Crippen LogP contribution in [0.5, 0.6) is 0 Å². The Morgan fingerprint density at radius 1 is 1.31 bits per heavy atom. The van der Waals surface area contributed by atoms with E-state index in [1.54, 1.807) is 11.1 Å². The molecule has 0 unspecified atom stereocenters. The third kappa shape index (κ3) is 3.89. The zero-order valence-corrected chi connectivity index (χ0v) is 16.1. The summed E-state index contributed by atoms with van der Waals surface area (Å²) < 4.78 is 9.57. The summed E-state index contributed by atoms with van der Waals surface area (Å²) in [7, 11) is 0. The number of amides is 1. The Balaban J connectivity index is 1.67. The molecule has 1 amide bonds. The number of hydrogen-bond acceptors (Lipinski definition) is 5. The lowest BCUT2D eigenvalue weighted by atomic mass is 9.96. The van der Waals surface area contributed by atoms with E-state index in [0.29, 0.717) is 25.6 Å². The minimum atomic E-state index is -0.216. The van der Waals surface area contributed by atoms with E-state index < -0.39 is 0 Å². The lowest BCUT2D eigenvalue weighted by molar-refractivity contribution is 0.0687. The molecule has 0 bridgehead atoms. The summed E-state index contributed by atoms with van der Waals surface area (Å²) in [6.45, 7) is 10.8. The lowest BCUT2D eigenvalue weighted by Crippen LogP contribution is -2.39. The number of ether oxygens (including phenoxy) is 1. The van der Waals surface area contributed by atoms with Gasteiger partial charge in [0.2, 0.25) is 0 Å². The second-order valence-corrected chi connectivity index (χ2v) is 7.01. The number of imidazole rings is 1. The number of rotatable bonds is 5. The van der Waals surface area contributed by atoms with Crippen molar-refractivity contribution in [2.24, 2.45) is 0 Å². The van der Waals surface area contributed by atoms with Gasteiger partial charge in [0.05, 0.1) is 12.6 Å². The number of nitrogens with zero attached hydrogens (tertiary/aromatic N) is 6. The zero-order chi connectivity index (χ0) is 18.7. The first-order valence-corrected chi connectivity index (χ1v) is 9.34. The van der Waals surface area contributed by atoms with E-state index in [0.717, 1.165) is 36.9 Å². The SMILES string of the molecule is CCn1c(Cn2ccnc2C)nnc1C1CCN(C(=O)OC(C)C)CC1. The van der Waals surface area contributed by atoms with Gasteiger partial charge in [0.25, 0.3) is 0 Å². The van der Waals surface area contributed by atoms with Crippen molar-refractivity contribution in [3.63, 3.8) is 0 Å². The summed E-state index contributed by atoms with van der Waals surface area (Å²) in [6, 6.07) is 0. The average Bonchev–Trinajstić information content (AvgIpc) is 3.21. The summed E-state index contributed by atoms with van der Waals surface area (Å²) in [5, 5.41) is 8.91. The third-order valence-corrected chi connectivity index (χ3v) is 4.86. The fraction of sp³-hybridized carbons (Fsp3) is 0.667. The fourth-order valence-electron chi connectivity index (χ4n) is 3.43. The fourth-order valence-corrected chi connectivity index (χ4v) is 3.43. The number of hydrogen-bond donors (Lipinski definition) is 0. The number of carbonyl (C=O) groups excluding carboxylic acids is 1. The van der Waals surface area contributed by atoms with Gasteiger partial charge in [-0.1, -0.05) is 0 Å². The Kier molecular flexibility index (Phi) is 5.58. The van der Waals surface area contributed by atoms with Gasteiger partial charge in [-0.2, -0.15) is 0 Å². The van der Waals surface area contributed by atoms with Crippen LogP contribution in [0.15, 0.2) is 12.4 Å². The monoisotopic (exact) mass is 360 g/mol. The highest BCUT2D eigenvalue weighted by Crippen LogP contribution is 2.28. The number of aromatic nitrogens is 5. The Morgan fingerprint density at radius 3 is 2.62 bits per heavy atom. The van der Waals surface area contributed by atoms with E-state index in [9.17, 15) is 4.79 Å². The first-order chi connectivity index (χ1) is 12.5. The van der Waals surface area contributed by atoms with Crippen molar-refractivity contribution in [1.82, 2.24) is 29.2 Å². The number of piperidine rings is 1. The van der Waals surface area contributed by atoms with Gasteiger partial charge in [-0.25, -0.2) is 9.78 Å². The van der Waals surface area contributed by atoms with E-state index in [4.69, 9.17) is 4.74 Å². The van der Waals surface area contributed by atoms with Crippen molar-refractivity contribution >= 4 is 6.09 Å². The summed E-state index contributed by atoms with van der Waals surface area (Å²) in [4.78, 5) is 18.1. The van der Waals surface area contributed by atoms with Crippen molar-refractivity contribution in [1.29, 1.82) is 0 Å². The van der Waals surface area contributed by atoms with Crippen LogP contribution in [-0.4, -0.2) is 54.5 Å². The van der Waals surface area contributed by atoms with Crippen molar-refractivity contribution in [3.05, 3.63) is 29.9 Å². The van der Waals surface area contributed by atoms with Gasteiger partial charge < -0.3 is 18.8 Å². The molecule has 3 heterocycles. The molecule has 3 rings (SSSR count). The van der Waals surface area contributed by atoms with Crippen LogP contribution < -0.4 is 0 Å². The first kappa shape index (κ1) is 18.4. The molecule has 2 aromatic rings. The van der Waals surface area contributed by atoms with Crippen LogP contribution in [0.25, 0.3) is 0 Å². The van der Waals surface area contributed by atoms with Gasteiger partial charge in [0, 0.05) is 37.9 Å². The molecule has 0 atom stereocenters. The standard InChI is InChI=1S/C18H28N6O2/c1-5-24-16(12-23-11-8-19-14(23)4)20-21-17(24)15-6-9-22(10-7-15)18(25)26-13(2)3/h8,11,13,15H,5-7,9-10,12H2,1-4H3. The second-order valence-electron chi connectivity index (χ2n) is 7.01. The molecule has 8 heteroatoms. The Hall–Kier alpha value is -2.38. The summed E-state index contributed by atoms with van der Waals surface area (Å²) >= 11 is 0. The van der Waals surface area contributed by atoms with E-state index in [1.165, 1.54) is 0 Å². The predicted octanol–water partition coefficient (Wildman–Crippen LogP) is 2.58. The van der Waals surface area contributed by atoms with Crippen LogP contribution >= 0.6 is 0 Å². The van der Waals surface area contributed by atoms with Gasteiger partial charge in [-0.3, -0.25) is 0 Å². The summed E-state index contributed by atoms with van der Waals surface area (Å²) in [5.74, 6) is 3.26. The molecular formula is C18H28N6O2. The average molecular weight is 360 g/mol. The molecule has 0 radical (unpaired) electrons. The van der Waals surface area contributed by atoms with Crippen LogP contribution in [0, 0.1) is 6.92 Å².